The second kappa shape index (κ2) is 6.81. The minimum absolute atomic E-state index is 0.233. The van der Waals surface area contributed by atoms with Gasteiger partial charge in [0.2, 0.25) is 0 Å². The Labute approximate surface area is 158 Å². The van der Waals surface area contributed by atoms with Crippen LogP contribution in [0.25, 0.3) is 21.9 Å². The summed E-state index contributed by atoms with van der Waals surface area (Å²) in [5.41, 5.74) is 1.98. The van der Waals surface area contributed by atoms with Gasteiger partial charge < -0.3 is 15.6 Å². The summed E-state index contributed by atoms with van der Waals surface area (Å²) in [6.45, 7) is 0. The van der Waals surface area contributed by atoms with E-state index in [0.717, 1.165) is 32.9 Å². The third kappa shape index (κ3) is 2.93. The van der Waals surface area contributed by atoms with E-state index in [1.54, 1.807) is 0 Å². The van der Waals surface area contributed by atoms with Crippen LogP contribution in [-0.2, 0) is 9.53 Å². The summed E-state index contributed by atoms with van der Waals surface area (Å²) in [5.74, 6) is 5.54. The van der Waals surface area contributed by atoms with Gasteiger partial charge in [-0.05, 0) is 11.6 Å². The topological polar surface area (TPSA) is 103 Å². The number of hydrogen-bond donors (Lipinski definition) is 2. The molecule has 0 amide bonds. The zero-order valence-electron chi connectivity index (χ0n) is 14.4. The number of nitrogens with one attached hydrogen (secondary N) is 1. The Hall–Kier alpha value is -3.26. The number of methoxy groups -OCH3 is 1. The van der Waals surface area contributed by atoms with E-state index in [2.05, 4.69) is 9.97 Å². The molecule has 0 aliphatic carbocycles. The number of hydrogen-bond acceptors (Lipinski definition) is 6. The van der Waals surface area contributed by atoms with Crippen LogP contribution in [0, 0.1) is 0 Å². The molecule has 0 spiro atoms. The van der Waals surface area contributed by atoms with Crippen LogP contribution in [-0.4, -0.2) is 27.7 Å². The van der Waals surface area contributed by atoms with Gasteiger partial charge in [-0.3, -0.25) is 9.59 Å². The number of ether oxygens (including phenoxy) is 1. The van der Waals surface area contributed by atoms with Crippen molar-refractivity contribution in [3.63, 3.8) is 0 Å². The van der Waals surface area contributed by atoms with Gasteiger partial charge in [-0.2, -0.15) is 0 Å². The number of aromatic amines is 1. The number of carbonyl (C=O) groups excluding carboxylic acids is 1. The predicted molar refractivity (Wildman–Crippen MR) is 105 cm³/mol. The number of nitrogen functional groups attached to an aromatic ring is 1. The fourth-order valence-corrected chi connectivity index (χ4v) is 3.97. The predicted octanol–water partition coefficient (Wildman–Crippen LogP) is 2.60. The highest BCUT2D eigenvalue weighted by atomic mass is 32.2. The molecule has 0 fully saturated rings. The maximum absolute atomic E-state index is 12.7. The van der Waals surface area contributed by atoms with Crippen LogP contribution in [0.2, 0.25) is 0 Å². The number of benzene rings is 2. The van der Waals surface area contributed by atoms with E-state index in [1.807, 2.05) is 54.6 Å². The van der Waals surface area contributed by atoms with E-state index in [-0.39, 0.29) is 5.16 Å². The second-order valence-electron chi connectivity index (χ2n) is 5.90. The van der Waals surface area contributed by atoms with Gasteiger partial charge in [-0.25, -0.2) is 9.66 Å². The number of carbonyl (C=O) groups is 1. The van der Waals surface area contributed by atoms with Gasteiger partial charge in [-0.1, -0.05) is 60.3 Å². The average molecular weight is 380 g/mol. The van der Waals surface area contributed by atoms with Crippen molar-refractivity contribution < 1.29 is 9.53 Å². The molecular weight excluding hydrogens is 364 g/mol. The van der Waals surface area contributed by atoms with E-state index < -0.39 is 16.8 Å². The molecule has 136 valence electrons. The summed E-state index contributed by atoms with van der Waals surface area (Å²) in [6.07, 6.45) is 0. The van der Waals surface area contributed by atoms with E-state index in [0.29, 0.717) is 11.0 Å². The standard InChI is InChI=1S/C19H16N4O3S/c1-26-18(25)16(11-7-3-2-4-8-11)27-19-22-14-12-9-5-6-10-13(12)21-15(14)17(24)23(19)20/h2-10,16,21H,20H2,1H3. The summed E-state index contributed by atoms with van der Waals surface area (Å²) in [4.78, 5) is 32.7. The molecular formula is C19H16N4O3S. The molecule has 3 N–H and O–H groups in total. The zero-order valence-corrected chi connectivity index (χ0v) is 15.2. The second-order valence-corrected chi connectivity index (χ2v) is 6.97. The number of nitrogens with two attached hydrogens (primary N) is 1. The van der Waals surface area contributed by atoms with Crippen LogP contribution in [0.4, 0.5) is 0 Å². The molecule has 0 aliphatic rings. The number of thioether (sulfide) groups is 1. The molecule has 4 rings (SSSR count). The van der Waals surface area contributed by atoms with Gasteiger partial charge in [0.05, 0.1) is 7.11 Å². The number of H-pyrrole nitrogens is 1. The summed E-state index contributed by atoms with van der Waals surface area (Å²) >= 11 is 1.08. The van der Waals surface area contributed by atoms with E-state index >= 15 is 0 Å². The first-order valence-electron chi connectivity index (χ1n) is 8.18. The lowest BCUT2D eigenvalue weighted by Gasteiger charge is -2.15. The molecule has 8 heteroatoms. The molecule has 0 bridgehead atoms. The minimum atomic E-state index is -0.694. The Kier molecular flexibility index (Phi) is 4.33. The molecule has 0 aliphatic heterocycles. The fourth-order valence-electron chi connectivity index (χ4n) is 2.93. The van der Waals surface area contributed by atoms with Crippen molar-refractivity contribution in [3.05, 3.63) is 70.5 Å². The van der Waals surface area contributed by atoms with E-state index in [1.165, 1.54) is 7.11 Å². The Morgan fingerprint density at radius 2 is 1.89 bits per heavy atom. The largest absolute Gasteiger partial charge is 0.468 e. The van der Waals surface area contributed by atoms with Crippen molar-refractivity contribution in [2.75, 3.05) is 13.0 Å². The quantitative estimate of drug-likeness (QED) is 0.244. The third-order valence-corrected chi connectivity index (χ3v) is 5.46. The zero-order chi connectivity index (χ0) is 19.0. The lowest BCUT2D eigenvalue weighted by atomic mass is 10.1. The van der Waals surface area contributed by atoms with Gasteiger partial charge in [-0.15, -0.1) is 0 Å². The van der Waals surface area contributed by atoms with Crippen molar-refractivity contribution in [3.8, 4) is 0 Å². The van der Waals surface area contributed by atoms with Gasteiger partial charge in [0, 0.05) is 10.9 Å². The summed E-state index contributed by atoms with van der Waals surface area (Å²) in [5, 5.41) is 0.360. The smallest absolute Gasteiger partial charge is 0.323 e. The Morgan fingerprint density at radius 1 is 1.19 bits per heavy atom. The average Bonchev–Trinajstić information content (AvgIpc) is 3.08. The summed E-state index contributed by atoms with van der Waals surface area (Å²) < 4.78 is 5.89. The molecule has 2 heterocycles. The highest BCUT2D eigenvalue weighted by Gasteiger charge is 2.26. The van der Waals surface area contributed by atoms with Crippen LogP contribution in [0.5, 0.6) is 0 Å². The van der Waals surface area contributed by atoms with E-state index in [4.69, 9.17) is 10.6 Å². The molecule has 2 aromatic carbocycles. The van der Waals surface area contributed by atoms with Gasteiger partial charge in [0.15, 0.2) is 5.16 Å². The number of para-hydroxylation sites is 1. The van der Waals surface area contributed by atoms with Crippen molar-refractivity contribution in [1.29, 1.82) is 0 Å². The molecule has 0 saturated heterocycles. The Balaban J connectivity index is 1.87. The summed E-state index contributed by atoms with van der Waals surface area (Å²) in [7, 11) is 1.32. The third-order valence-electron chi connectivity index (χ3n) is 4.27. The van der Waals surface area contributed by atoms with Gasteiger partial charge >= 0.3 is 5.97 Å². The van der Waals surface area contributed by atoms with Crippen LogP contribution >= 0.6 is 11.8 Å². The van der Waals surface area contributed by atoms with Crippen LogP contribution in [0.15, 0.2) is 64.5 Å². The van der Waals surface area contributed by atoms with Crippen LogP contribution in [0.1, 0.15) is 10.8 Å². The number of aromatic nitrogens is 3. The number of rotatable bonds is 4. The van der Waals surface area contributed by atoms with Crippen LogP contribution in [0.3, 0.4) is 0 Å². The maximum atomic E-state index is 12.7. The van der Waals surface area contributed by atoms with Gasteiger partial charge in [0.1, 0.15) is 16.3 Å². The fraction of sp³-hybridized carbons (Fsp3) is 0.105. The monoisotopic (exact) mass is 380 g/mol. The van der Waals surface area contributed by atoms with Crippen LogP contribution < -0.4 is 11.4 Å². The lowest BCUT2D eigenvalue weighted by Crippen LogP contribution is -2.30. The van der Waals surface area contributed by atoms with E-state index in [9.17, 15) is 9.59 Å². The molecule has 1 atom stereocenters. The highest BCUT2D eigenvalue weighted by molar-refractivity contribution is 8.00. The molecule has 1 unspecified atom stereocenters. The normalized spacial score (nSPS) is 12.3. The summed E-state index contributed by atoms with van der Waals surface area (Å²) in [6, 6.07) is 16.6. The molecule has 0 saturated carbocycles. The van der Waals surface area contributed by atoms with Crippen molar-refractivity contribution >= 4 is 39.7 Å². The number of nitrogens with zero attached hydrogens (tertiary/aromatic N) is 2. The molecule has 0 radical (unpaired) electrons. The first-order valence-corrected chi connectivity index (χ1v) is 9.06. The first-order chi connectivity index (χ1) is 13.1. The highest BCUT2D eigenvalue weighted by Crippen LogP contribution is 2.35. The number of fused-ring (bicyclic) bond motifs is 3. The Morgan fingerprint density at radius 3 is 2.63 bits per heavy atom. The molecule has 7 nitrogen and oxygen atoms in total. The SMILES string of the molecule is COC(=O)C(Sc1nc2c([nH]c3ccccc32)c(=O)n1N)c1ccccc1. The maximum Gasteiger partial charge on any atom is 0.323 e. The van der Waals surface area contributed by atoms with Gasteiger partial charge in [0.25, 0.3) is 5.56 Å². The first kappa shape index (κ1) is 17.2. The minimum Gasteiger partial charge on any atom is -0.468 e. The molecule has 2 aromatic heterocycles. The van der Waals surface area contributed by atoms with Crippen molar-refractivity contribution in [2.45, 2.75) is 10.4 Å². The lowest BCUT2D eigenvalue weighted by molar-refractivity contribution is -0.140. The Bertz CT molecular complexity index is 1200. The molecule has 4 aromatic rings. The van der Waals surface area contributed by atoms with Crippen molar-refractivity contribution in [1.82, 2.24) is 14.6 Å². The van der Waals surface area contributed by atoms with Crippen molar-refractivity contribution in [2.24, 2.45) is 0 Å². The number of esters is 1. The molecule has 27 heavy (non-hydrogen) atoms.